The van der Waals surface area contributed by atoms with Crippen LogP contribution in [0.3, 0.4) is 0 Å². The Labute approximate surface area is 167 Å². The lowest BCUT2D eigenvalue weighted by atomic mass is 10.3. The van der Waals surface area contributed by atoms with E-state index in [0.29, 0.717) is 18.2 Å². The lowest BCUT2D eigenvalue weighted by Crippen LogP contribution is -2.57. The molecule has 0 aromatic heterocycles. The summed E-state index contributed by atoms with van der Waals surface area (Å²) in [6.07, 6.45) is 0. The Kier molecular flexibility index (Phi) is 6.06. The maximum absolute atomic E-state index is 14.9. The molecule has 0 atom stereocenters. The van der Waals surface area contributed by atoms with Gasteiger partial charge in [-0.1, -0.05) is 8.85 Å². The van der Waals surface area contributed by atoms with E-state index in [1.54, 1.807) is 0 Å². The molecule has 0 heterocycles. The Balaban J connectivity index is 2.50. The first kappa shape index (κ1) is 22.1. The van der Waals surface area contributed by atoms with Crippen LogP contribution in [0.15, 0.2) is 30.3 Å². The van der Waals surface area contributed by atoms with Crippen LogP contribution in [0.25, 0.3) is 0 Å². The number of rotatable bonds is 4. The van der Waals surface area contributed by atoms with Crippen molar-refractivity contribution in [3.05, 3.63) is 82.7 Å². The number of halogens is 9. The third-order valence-electron chi connectivity index (χ3n) is 4.33. The highest BCUT2D eigenvalue weighted by molar-refractivity contribution is 6.95. The molecule has 156 valence electrons. The van der Waals surface area contributed by atoms with E-state index in [2.05, 4.69) is 4.74 Å². The zero-order valence-corrected chi connectivity index (χ0v) is 15.9. The predicted octanol–water partition coefficient (Wildman–Crippen LogP) is 3.46. The minimum Gasteiger partial charge on any atom is -0.494 e. The van der Waals surface area contributed by atoms with E-state index in [1.807, 2.05) is 0 Å². The first-order valence-electron chi connectivity index (χ1n) is 8.07. The molecule has 0 saturated carbocycles. The normalized spacial score (nSPS) is 11.0. The van der Waals surface area contributed by atoms with Crippen LogP contribution >= 0.6 is 0 Å². The molecule has 0 aliphatic rings. The highest BCUT2D eigenvalue weighted by Crippen LogP contribution is 2.21. The average molecular weight is 450 g/mol. The van der Waals surface area contributed by atoms with Crippen molar-refractivity contribution in [1.82, 2.24) is 0 Å². The van der Waals surface area contributed by atoms with Gasteiger partial charge in [0, 0.05) is 18.2 Å². The van der Waals surface area contributed by atoms with E-state index in [1.165, 1.54) is 0 Å². The summed E-state index contributed by atoms with van der Waals surface area (Å²) in [7, 11) is 0.876. The highest BCUT2D eigenvalue weighted by Gasteiger charge is 2.40. The van der Waals surface area contributed by atoms with Crippen molar-refractivity contribution >= 4 is 27.4 Å². The van der Waals surface area contributed by atoms with Gasteiger partial charge in [-0.2, -0.15) is 0 Å². The van der Waals surface area contributed by atoms with E-state index in [-0.39, 0.29) is 12.1 Å². The van der Waals surface area contributed by atoms with Crippen LogP contribution < -0.4 is 18.0 Å². The molecule has 30 heavy (non-hydrogen) atoms. The molecule has 0 aliphatic heterocycles. The number of ether oxygens (including phenoxy) is 1. The molecule has 3 aromatic carbocycles. The van der Waals surface area contributed by atoms with E-state index in [0.717, 1.165) is 7.11 Å². The van der Waals surface area contributed by atoms with Crippen LogP contribution in [-0.4, -0.2) is 21.3 Å². The fourth-order valence-electron chi connectivity index (χ4n) is 3.05. The van der Waals surface area contributed by atoms with Gasteiger partial charge in [0.25, 0.3) is 0 Å². The molecule has 0 saturated heterocycles. The zero-order valence-electron chi connectivity index (χ0n) is 14.8. The van der Waals surface area contributed by atoms with E-state index in [4.69, 9.17) is 0 Å². The Morgan fingerprint density at radius 3 is 1.43 bits per heavy atom. The first-order valence-corrected chi connectivity index (χ1v) is 9.80. The minimum absolute atomic E-state index is 0.103. The van der Waals surface area contributed by atoms with E-state index >= 15 is 0 Å². The number of hydrogen-bond donors (Lipinski definition) is 0. The Morgan fingerprint density at radius 2 is 1.00 bits per heavy atom. The van der Waals surface area contributed by atoms with Crippen molar-refractivity contribution in [2.75, 3.05) is 7.11 Å². The number of benzene rings is 3. The fourth-order valence-corrected chi connectivity index (χ4v) is 6.23. The van der Waals surface area contributed by atoms with Gasteiger partial charge in [-0.25, -0.2) is 39.5 Å². The summed E-state index contributed by atoms with van der Waals surface area (Å²) >= 11 is -4.43. The van der Waals surface area contributed by atoms with Gasteiger partial charge in [-0.05, 0) is 16.6 Å². The molecule has 0 spiro atoms. The molecule has 0 N–H and O–H groups in total. The summed E-state index contributed by atoms with van der Waals surface area (Å²) in [4.78, 5) is 0. The van der Waals surface area contributed by atoms with Gasteiger partial charge in [0.15, 0.2) is 29.0 Å². The van der Waals surface area contributed by atoms with Gasteiger partial charge >= 0.3 is 14.1 Å². The molecule has 0 aliphatic carbocycles. The molecule has 3 aromatic rings. The molecule has 1 nitrogen and oxygen atoms in total. The van der Waals surface area contributed by atoms with Crippen molar-refractivity contribution in [1.29, 1.82) is 0 Å². The van der Waals surface area contributed by atoms with Gasteiger partial charge in [0.1, 0.15) is 29.1 Å². The lowest BCUT2D eigenvalue weighted by molar-refractivity contribution is 0.379. The Morgan fingerprint density at radius 1 is 0.567 bits per heavy atom. The standard InChI is InChI=1S/C7H4F3O.2C6H2F3.Al/c1-11-7-3-5(9)4(8)2-6(7)10;2*7-4-1-2-5(8)6(9)3-4;/h3H,1H3;2*1,3H;. The minimum atomic E-state index is -4.43. The van der Waals surface area contributed by atoms with Crippen molar-refractivity contribution in [2.24, 2.45) is 0 Å². The van der Waals surface area contributed by atoms with Gasteiger partial charge in [0.05, 0.1) is 7.11 Å². The molecule has 0 unspecified atom stereocenters. The summed E-state index contributed by atoms with van der Waals surface area (Å²) in [6.45, 7) is 0. The summed E-state index contributed by atoms with van der Waals surface area (Å²) < 4.78 is 129. The van der Waals surface area contributed by atoms with Crippen molar-refractivity contribution < 1.29 is 44.3 Å². The van der Waals surface area contributed by atoms with E-state index in [9.17, 15) is 39.5 Å². The van der Waals surface area contributed by atoms with Crippen LogP contribution in [0.4, 0.5) is 39.5 Å². The molecule has 0 amide bonds. The van der Waals surface area contributed by atoms with Gasteiger partial charge < -0.3 is 4.74 Å². The second kappa shape index (κ2) is 8.24. The zero-order chi connectivity index (χ0) is 22.3. The average Bonchev–Trinajstić information content (AvgIpc) is 2.68. The summed E-state index contributed by atoms with van der Waals surface area (Å²) in [6, 6.07) is 1.10. The largest absolute Gasteiger partial charge is 0.494 e. The summed E-state index contributed by atoms with van der Waals surface area (Å²) in [5.41, 5.74) is 0. The Bertz CT molecular complexity index is 1090. The fraction of sp³-hybridized carbons (Fsp3) is 0.0526. The maximum atomic E-state index is 14.9. The van der Waals surface area contributed by atoms with Crippen LogP contribution in [0, 0.1) is 52.4 Å². The van der Waals surface area contributed by atoms with Gasteiger partial charge in [0.2, 0.25) is 0 Å². The van der Waals surface area contributed by atoms with Gasteiger partial charge in [-0.15, -0.1) is 0 Å². The second-order valence-corrected chi connectivity index (χ2v) is 8.80. The van der Waals surface area contributed by atoms with Crippen LogP contribution in [0.2, 0.25) is 0 Å². The first-order chi connectivity index (χ1) is 14.1. The van der Waals surface area contributed by atoms with Crippen molar-refractivity contribution in [2.45, 2.75) is 0 Å². The molecular formula is C19H8AlF9O. The van der Waals surface area contributed by atoms with Crippen LogP contribution in [0.1, 0.15) is 0 Å². The molecule has 0 radical (unpaired) electrons. The molecular weight excluding hydrogens is 442 g/mol. The highest BCUT2D eigenvalue weighted by atomic mass is 27.2. The third-order valence-corrected chi connectivity index (χ3v) is 7.50. The molecule has 0 bridgehead atoms. The van der Waals surface area contributed by atoms with Crippen molar-refractivity contribution in [3.63, 3.8) is 0 Å². The molecule has 0 fully saturated rings. The van der Waals surface area contributed by atoms with Crippen LogP contribution in [0.5, 0.6) is 5.75 Å². The third kappa shape index (κ3) is 3.75. The monoisotopic (exact) mass is 450 g/mol. The number of methoxy groups -OCH3 is 1. The predicted molar refractivity (Wildman–Crippen MR) is 90.2 cm³/mol. The van der Waals surface area contributed by atoms with E-state index < -0.39 is 85.5 Å². The molecule has 3 rings (SSSR count). The summed E-state index contributed by atoms with van der Waals surface area (Å²) in [5, 5.41) is 0. The smallest absolute Gasteiger partial charge is 0.403 e. The number of hydrogen-bond acceptors (Lipinski definition) is 1. The van der Waals surface area contributed by atoms with Crippen molar-refractivity contribution in [3.8, 4) is 5.75 Å². The van der Waals surface area contributed by atoms with Crippen LogP contribution in [-0.2, 0) is 0 Å². The quantitative estimate of drug-likeness (QED) is 0.336. The lowest BCUT2D eigenvalue weighted by Gasteiger charge is -2.19. The topological polar surface area (TPSA) is 9.23 Å². The van der Waals surface area contributed by atoms with Gasteiger partial charge in [-0.3, -0.25) is 0 Å². The SMILES string of the molecule is COc1cc(F)c(F)[c]([Al]([c]2cc(F)cc(F)c2F)[c]2cc(F)cc(F)c2F)c1F. The second-order valence-electron chi connectivity index (χ2n) is 6.12. The summed E-state index contributed by atoms with van der Waals surface area (Å²) in [5.74, 6) is -16.3. The molecule has 11 heteroatoms. The Hall–Kier alpha value is -2.64. The maximum Gasteiger partial charge on any atom is 0.403 e.